The van der Waals surface area contributed by atoms with Crippen LogP contribution in [0.2, 0.25) is 5.02 Å². The molecule has 0 saturated carbocycles. The van der Waals surface area contributed by atoms with E-state index in [1.165, 1.54) is 11.3 Å². The fourth-order valence-corrected chi connectivity index (χ4v) is 3.09. The van der Waals surface area contributed by atoms with Crippen LogP contribution in [0.1, 0.15) is 40.9 Å². The van der Waals surface area contributed by atoms with Gasteiger partial charge in [0.15, 0.2) is 0 Å². The lowest BCUT2D eigenvalue weighted by Gasteiger charge is -2.22. The summed E-state index contributed by atoms with van der Waals surface area (Å²) in [4.78, 5) is 16.7. The van der Waals surface area contributed by atoms with Crippen LogP contribution in [0, 0.1) is 5.92 Å². The highest BCUT2D eigenvalue weighted by atomic mass is 35.5. The lowest BCUT2D eigenvalue weighted by atomic mass is 9.96. The van der Waals surface area contributed by atoms with E-state index in [4.69, 9.17) is 17.3 Å². The van der Waals surface area contributed by atoms with Gasteiger partial charge in [-0.15, -0.1) is 11.3 Å². The van der Waals surface area contributed by atoms with Crippen molar-refractivity contribution in [3.05, 3.63) is 50.9 Å². The van der Waals surface area contributed by atoms with Crippen molar-refractivity contribution in [3.63, 3.8) is 0 Å². The second kappa shape index (κ2) is 7.72. The number of benzene rings is 1. The second-order valence-electron chi connectivity index (χ2n) is 5.41. The average molecular weight is 338 g/mol. The summed E-state index contributed by atoms with van der Waals surface area (Å²) in [6, 6.07) is 7.47. The third-order valence-electron chi connectivity index (χ3n) is 3.32. The summed E-state index contributed by atoms with van der Waals surface area (Å²) in [7, 11) is 0. The van der Waals surface area contributed by atoms with Crippen molar-refractivity contribution in [3.8, 4) is 0 Å². The number of hydrogen-bond donors (Lipinski definition) is 2. The number of nitrogens with two attached hydrogens (primary N) is 1. The highest BCUT2D eigenvalue weighted by Crippen LogP contribution is 2.24. The first kappa shape index (κ1) is 16.9. The van der Waals surface area contributed by atoms with Crippen molar-refractivity contribution in [2.75, 3.05) is 6.54 Å². The summed E-state index contributed by atoms with van der Waals surface area (Å²) >= 11 is 7.39. The number of nitrogens with one attached hydrogen (secondary N) is 1. The van der Waals surface area contributed by atoms with Gasteiger partial charge in [-0.3, -0.25) is 4.79 Å². The van der Waals surface area contributed by atoms with Crippen molar-refractivity contribution >= 4 is 28.8 Å². The first-order valence-corrected chi connectivity index (χ1v) is 8.47. The summed E-state index contributed by atoms with van der Waals surface area (Å²) < 4.78 is 0. The van der Waals surface area contributed by atoms with Gasteiger partial charge in [0, 0.05) is 16.8 Å². The smallest absolute Gasteiger partial charge is 0.271 e. The van der Waals surface area contributed by atoms with E-state index in [2.05, 4.69) is 24.1 Å². The Balaban J connectivity index is 2.13. The molecule has 0 spiro atoms. The van der Waals surface area contributed by atoms with Gasteiger partial charge in [0.2, 0.25) is 0 Å². The number of halogens is 1. The number of aromatic nitrogens is 1. The Labute approximate surface area is 139 Å². The minimum absolute atomic E-state index is 0.0792. The molecule has 0 aliphatic rings. The number of nitrogens with zero attached hydrogens (tertiary/aromatic N) is 1. The monoisotopic (exact) mass is 337 g/mol. The molecule has 1 atom stereocenters. The number of amides is 1. The van der Waals surface area contributed by atoms with E-state index in [0.29, 0.717) is 23.7 Å². The Morgan fingerprint density at radius 2 is 2.05 bits per heavy atom. The largest absolute Gasteiger partial charge is 0.344 e. The third kappa shape index (κ3) is 4.29. The fraction of sp³-hybridized carbons (Fsp3) is 0.375. The molecule has 118 valence electrons. The van der Waals surface area contributed by atoms with Gasteiger partial charge in [-0.1, -0.05) is 37.6 Å². The summed E-state index contributed by atoms with van der Waals surface area (Å²) in [6.45, 7) is 4.68. The Hall–Kier alpha value is -1.43. The SMILES string of the molecule is CC(C)C(NC(=O)c1csc(CCN)n1)c1ccc(Cl)cc1. The Morgan fingerprint density at radius 1 is 1.36 bits per heavy atom. The maximum absolute atomic E-state index is 12.4. The molecular formula is C16H20ClN3OS. The highest BCUT2D eigenvalue weighted by Gasteiger charge is 2.20. The molecule has 0 fully saturated rings. The first-order chi connectivity index (χ1) is 10.5. The van der Waals surface area contributed by atoms with Crippen molar-refractivity contribution in [2.45, 2.75) is 26.3 Å². The van der Waals surface area contributed by atoms with E-state index in [9.17, 15) is 4.79 Å². The number of carbonyl (C=O) groups excluding carboxylic acids is 1. The molecule has 0 saturated heterocycles. The van der Waals surface area contributed by atoms with Gasteiger partial charge in [-0.2, -0.15) is 0 Å². The minimum Gasteiger partial charge on any atom is -0.344 e. The summed E-state index contributed by atoms with van der Waals surface area (Å²) in [6.07, 6.45) is 0.697. The third-order valence-corrected chi connectivity index (χ3v) is 4.49. The van der Waals surface area contributed by atoms with Crippen molar-refractivity contribution < 1.29 is 4.79 Å². The van der Waals surface area contributed by atoms with Crippen LogP contribution in [0.25, 0.3) is 0 Å². The van der Waals surface area contributed by atoms with Crippen molar-refractivity contribution in [1.29, 1.82) is 0 Å². The topological polar surface area (TPSA) is 68.0 Å². The normalized spacial score (nSPS) is 12.4. The molecule has 2 aromatic rings. The molecule has 0 aliphatic heterocycles. The van der Waals surface area contributed by atoms with Crippen molar-refractivity contribution in [1.82, 2.24) is 10.3 Å². The lowest BCUT2D eigenvalue weighted by molar-refractivity contribution is 0.0921. The molecule has 1 heterocycles. The molecule has 2 rings (SSSR count). The molecule has 0 radical (unpaired) electrons. The summed E-state index contributed by atoms with van der Waals surface area (Å²) in [5.74, 6) is 0.0976. The second-order valence-corrected chi connectivity index (χ2v) is 6.79. The Bertz CT molecular complexity index is 625. The summed E-state index contributed by atoms with van der Waals surface area (Å²) in [5, 5.41) is 6.41. The number of thiazole rings is 1. The van der Waals surface area contributed by atoms with E-state index < -0.39 is 0 Å². The molecule has 1 aromatic heterocycles. The van der Waals surface area contributed by atoms with Crippen LogP contribution in [-0.4, -0.2) is 17.4 Å². The van der Waals surface area contributed by atoms with Crippen LogP contribution in [0.4, 0.5) is 0 Å². The average Bonchev–Trinajstić information content (AvgIpc) is 2.94. The van der Waals surface area contributed by atoms with Gasteiger partial charge in [0.25, 0.3) is 5.91 Å². The highest BCUT2D eigenvalue weighted by molar-refractivity contribution is 7.09. The van der Waals surface area contributed by atoms with Crippen LogP contribution in [0.3, 0.4) is 0 Å². The molecule has 1 aromatic carbocycles. The molecule has 0 bridgehead atoms. The van der Waals surface area contributed by atoms with Crippen LogP contribution >= 0.6 is 22.9 Å². The van der Waals surface area contributed by atoms with E-state index in [1.807, 2.05) is 24.3 Å². The number of hydrogen-bond acceptors (Lipinski definition) is 4. The van der Waals surface area contributed by atoms with Crippen molar-refractivity contribution in [2.24, 2.45) is 11.7 Å². The molecule has 4 nitrogen and oxygen atoms in total. The number of rotatable bonds is 6. The van der Waals surface area contributed by atoms with E-state index >= 15 is 0 Å². The molecule has 1 amide bonds. The molecule has 0 aliphatic carbocycles. The maximum atomic E-state index is 12.4. The van der Waals surface area contributed by atoms with Gasteiger partial charge in [0.05, 0.1) is 11.0 Å². The van der Waals surface area contributed by atoms with E-state index in [1.54, 1.807) is 5.38 Å². The molecule has 6 heteroatoms. The summed E-state index contributed by atoms with van der Waals surface area (Å²) in [5.41, 5.74) is 6.99. The predicted octanol–water partition coefficient (Wildman–Crippen LogP) is 3.42. The maximum Gasteiger partial charge on any atom is 0.271 e. The minimum atomic E-state index is -0.159. The Kier molecular flexibility index (Phi) is 5.94. The molecule has 3 N–H and O–H groups in total. The number of carbonyl (C=O) groups is 1. The zero-order valence-electron chi connectivity index (χ0n) is 12.7. The fourth-order valence-electron chi connectivity index (χ4n) is 2.17. The quantitative estimate of drug-likeness (QED) is 0.848. The van der Waals surface area contributed by atoms with Gasteiger partial charge < -0.3 is 11.1 Å². The van der Waals surface area contributed by atoms with Crippen LogP contribution in [-0.2, 0) is 6.42 Å². The van der Waals surface area contributed by atoms with Gasteiger partial charge in [-0.25, -0.2) is 4.98 Å². The van der Waals surface area contributed by atoms with Gasteiger partial charge in [-0.05, 0) is 30.2 Å². The zero-order valence-corrected chi connectivity index (χ0v) is 14.2. The van der Waals surface area contributed by atoms with E-state index in [-0.39, 0.29) is 17.9 Å². The molecule has 22 heavy (non-hydrogen) atoms. The lowest BCUT2D eigenvalue weighted by Crippen LogP contribution is -2.32. The zero-order chi connectivity index (χ0) is 16.1. The van der Waals surface area contributed by atoms with Gasteiger partial charge >= 0.3 is 0 Å². The standard InChI is InChI=1S/C16H20ClN3OS/c1-10(2)15(11-3-5-12(17)6-4-11)20-16(21)13-9-22-14(19-13)7-8-18/h3-6,9-10,15H,7-8,18H2,1-2H3,(H,20,21). The molecule has 1 unspecified atom stereocenters. The predicted molar refractivity (Wildman–Crippen MR) is 91.4 cm³/mol. The molecular weight excluding hydrogens is 318 g/mol. The van der Waals surface area contributed by atoms with E-state index in [0.717, 1.165) is 10.6 Å². The van der Waals surface area contributed by atoms with Crippen LogP contribution < -0.4 is 11.1 Å². The first-order valence-electron chi connectivity index (χ1n) is 7.22. The Morgan fingerprint density at radius 3 is 2.64 bits per heavy atom. The van der Waals surface area contributed by atoms with Crippen LogP contribution in [0.5, 0.6) is 0 Å². The van der Waals surface area contributed by atoms with Crippen LogP contribution in [0.15, 0.2) is 29.6 Å². The van der Waals surface area contributed by atoms with Gasteiger partial charge in [0.1, 0.15) is 5.69 Å².